The van der Waals surface area contributed by atoms with E-state index in [1.165, 1.54) is 18.5 Å². The fourth-order valence-electron chi connectivity index (χ4n) is 2.42. The van der Waals surface area contributed by atoms with E-state index in [0.717, 1.165) is 23.6 Å². The van der Waals surface area contributed by atoms with Gasteiger partial charge in [-0.3, -0.25) is 4.31 Å². The number of carbonyl (C=O) groups excluding carboxylic acids is 1. The van der Waals surface area contributed by atoms with Gasteiger partial charge in [-0.1, -0.05) is 18.6 Å². The monoisotopic (exact) mass is 312 g/mol. The maximum absolute atomic E-state index is 12.6. The summed E-state index contributed by atoms with van der Waals surface area (Å²) in [6, 6.07) is 6.54. The van der Waals surface area contributed by atoms with Crippen LogP contribution in [-0.2, 0) is 14.9 Å². The van der Waals surface area contributed by atoms with Crippen molar-refractivity contribution in [1.82, 2.24) is 4.31 Å². The normalized spacial score (nSPS) is 16.5. The summed E-state index contributed by atoms with van der Waals surface area (Å²) < 4.78 is 32.6. The van der Waals surface area contributed by atoms with E-state index < -0.39 is 16.2 Å². The molecule has 0 saturated carbocycles. The Morgan fingerprint density at radius 2 is 1.81 bits per heavy atom. The first-order valence-electron chi connectivity index (χ1n) is 6.90. The van der Waals surface area contributed by atoms with Gasteiger partial charge in [-0.25, -0.2) is 4.79 Å². The topological polar surface area (TPSA) is 66.9 Å². The van der Waals surface area contributed by atoms with Crippen LogP contribution in [0, 0.1) is 0 Å². The van der Waals surface area contributed by atoms with E-state index in [1.807, 2.05) is 0 Å². The van der Waals surface area contributed by atoms with E-state index in [4.69, 9.17) is 4.74 Å². The van der Waals surface area contributed by atoms with Crippen molar-refractivity contribution >= 4 is 21.9 Å². The molecule has 1 heterocycles. The van der Waals surface area contributed by atoms with Crippen LogP contribution in [0.15, 0.2) is 24.3 Å². The summed E-state index contributed by atoms with van der Waals surface area (Å²) in [5.74, 6) is -0.550. The van der Waals surface area contributed by atoms with E-state index >= 15 is 0 Å². The van der Waals surface area contributed by atoms with Crippen LogP contribution in [0.2, 0.25) is 0 Å². The second kappa shape index (κ2) is 6.44. The number of nitrogens with zero attached hydrogens (tertiary/aromatic N) is 2. The molecule has 0 N–H and O–H groups in total. The van der Waals surface area contributed by atoms with E-state index in [9.17, 15) is 13.2 Å². The highest BCUT2D eigenvalue weighted by molar-refractivity contribution is 7.90. The maximum Gasteiger partial charge on any atom is 0.340 e. The van der Waals surface area contributed by atoms with Gasteiger partial charge in [0.15, 0.2) is 0 Å². The van der Waals surface area contributed by atoms with E-state index in [2.05, 4.69) is 0 Å². The zero-order chi connectivity index (χ0) is 15.5. The zero-order valence-electron chi connectivity index (χ0n) is 12.3. The predicted molar refractivity (Wildman–Crippen MR) is 80.5 cm³/mol. The second-order valence-electron chi connectivity index (χ2n) is 4.94. The molecule has 21 heavy (non-hydrogen) atoms. The van der Waals surface area contributed by atoms with E-state index in [-0.39, 0.29) is 5.56 Å². The van der Waals surface area contributed by atoms with Crippen LogP contribution in [0.4, 0.5) is 5.69 Å². The molecule has 1 aromatic rings. The summed E-state index contributed by atoms with van der Waals surface area (Å²) in [6.45, 7) is 1.04. The van der Waals surface area contributed by atoms with Gasteiger partial charge < -0.3 is 4.74 Å². The largest absolute Gasteiger partial charge is 0.465 e. The average molecular weight is 312 g/mol. The number of ether oxygens (including phenoxy) is 1. The third-order valence-electron chi connectivity index (χ3n) is 3.64. The number of piperidine rings is 1. The van der Waals surface area contributed by atoms with Gasteiger partial charge in [-0.15, -0.1) is 0 Å². The molecule has 0 spiro atoms. The summed E-state index contributed by atoms with van der Waals surface area (Å²) in [7, 11) is -0.880. The Bertz CT molecular complexity index is 609. The first kappa shape index (κ1) is 15.8. The lowest BCUT2D eigenvalue weighted by molar-refractivity contribution is 0.0601. The molecule has 0 atom stereocenters. The number of para-hydroxylation sites is 1. The molecular weight excluding hydrogens is 292 g/mol. The number of benzene rings is 1. The number of rotatable bonds is 4. The van der Waals surface area contributed by atoms with Crippen molar-refractivity contribution in [2.24, 2.45) is 0 Å². The smallest absolute Gasteiger partial charge is 0.340 e. The minimum absolute atomic E-state index is 0.239. The third-order valence-corrected chi connectivity index (χ3v) is 5.54. The maximum atomic E-state index is 12.6. The molecule has 6 nitrogen and oxygen atoms in total. The van der Waals surface area contributed by atoms with Gasteiger partial charge in [0.05, 0.1) is 18.4 Å². The number of methoxy groups -OCH3 is 1. The zero-order valence-corrected chi connectivity index (χ0v) is 13.1. The Hall–Kier alpha value is -1.60. The minimum Gasteiger partial charge on any atom is -0.465 e. The van der Waals surface area contributed by atoms with Crippen molar-refractivity contribution in [1.29, 1.82) is 0 Å². The fourth-order valence-corrected chi connectivity index (χ4v) is 3.90. The average Bonchev–Trinajstić information content (AvgIpc) is 2.54. The number of hydrogen-bond donors (Lipinski definition) is 0. The molecule has 7 heteroatoms. The van der Waals surface area contributed by atoms with Crippen LogP contribution in [0.3, 0.4) is 0 Å². The van der Waals surface area contributed by atoms with Crippen LogP contribution in [-0.4, -0.2) is 45.9 Å². The summed E-state index contributed by atoms with van der Waals surface area (Å²) in [5, 5.41) is 0. The van der Waals surface area contributed by atoms with Crippen molar-refractivity contribution < 1.29 is 17.9 Å². The van der Waals surface area contributed by atoms with Crippen LogP contribution >= 0.6 is 0 Å². The Kier molecular flexibility index (Phi) is 4.84. The summed E-state index contributed by atoms with van der Waals surface area (Å²) >= 11 is 0. The summed E-state index contributed by atoms with van der Waals surface area (Å²) in [5.41, 5.74) is 0.568. The van der Waals surface area contributed by atoms with Crippen molar-refractivity contribution in [2.45, 2.75) is 19.3 Å². The summed E-state index contributed by atoms with van der Waals surface area (Å²) in [6.07, 6.45) is 2.78. The van der Waals surface area contributed by atoms with E-state index in [1.54, 1.807) is 24.3 Å². The Morgan fingerprint density at radius 3 is 2.43 bits per heavy atom. The van der Waals surface area contributed by atoms with Gasteiger partial charge >= 0.3 is 16.2 Å². The molecule has 1 saturated heterocycles. The highest BCUT2D eigenvalue weighted by atomic mass is 32.2. The van der Waals surface area contributed by atoms with Crippen LogP contribution in [0.25, 0.3) is 0 Å². The molecule has 0 radical (unpaired) electrons. The molecule has 0 amide bonds. The van der Waals surface area contributed by atoms with Crippen LogP contribution < -0.4 is 4.31 Å². The standard InChI is InChI=1S/C14H20N2O4S/c1-15(21(18,19)16-10-6-3-7-11-16)13-9-5-4-8-12(13)14(17)20-2/h4-5,8-9H,3,6-7,10-11H2,1-2H3. The highest BCUT2D eigenvalue weighted by Gasteiger charge is 2.30. The van der Waals surface area contributed by atoms with Gasteiger partial charge in [-0.05, 0) is 25.0 Å². The first-order valence-corrected chi connectivity index (χ1v) is 8.29. The number of anilines is 1. The molecule has 0 aromatic heterocycles. The molecule has 0 aliphatic carbocycles. The van der Waals surface area contributed by atoms with Crippen molar-refractivity contribution in [3.63, 3.8) is 0 Å². The van der Waals surface area contributed by atoms with Gasteiger partial charge in [-0.2, -0.15) is 12.7 Å². The van der Waals surface area contributed by atoms with Crippen molar-refractivity contribution in [3.8, 4) is 0 Å². The lowest BCUT2D eigenvalue weighted by Gasteiger charge is -2.31. The lowest BCUT2D eigenvalue weighted by Crippen LogP contribution is -2.44. The van der Waals surface area contributed by atoms with Gasteiger partial charge in [0.2, 0.25) is 0 Å². The van der Waals surface area contributed by atoms with Crippen molar-refractivity contribution in [2.75, 3.05) is 31.6 Å². The number of carbonyl (C=O) groups is 1. The molecule has 1 aromatic carbocycles. The quantitative estimate of drug-likeness (QED) is 0.793. The molecule has 116 valence electrons. The minimum atomic E-state index is -3.62. The fraction of sp³-hybridized carbons (Fsp3) is 0.500. The molecule has 1 fully saturated rings. The Balaban J connectivity index is 2.35. The summed E-state index contributed by atoms with van der Waals surface area (Å²) in [4.78, 5) is 11.8. The van der Waals surface area contributed by atoms with Gasteiger partial charge in [0, 0.05) is 20.1 Å². The number of esters is 1. The van der Waals surface area contributed by atoms with Crippen LogP contribution in [0.1, 0.15) is 29.6 Å². The second-order valence-corrected chi connectivity index (χ2v) is 6.90. The SMILES string of the molecule is COC(=O)c1ccccc1N(C)S(=O)(=O)N1CCCCC1. The van der Waals surface area contributed by atoms with Crippen LogP contribution in [0.5, 0.6) is 0 Å². The molecule has 1 aliphatic rings. The lowest BCUT2D eigenvalue weighted by atomic mass is 10.2. The number of hydrogen-bond acceptors (Lipinski definition) is 4. The molecule has 1 aliphatic heterocycles. The Morgan fingerprint density at radius 1 is 1.19 bits per heavy atom. The first-order chi connectivity index (χ1) is 9.98. The van der Waals surface area contributed by atoms with Crippen molar-refractivity contribution in [3.05, 3.63) is 29.8 Å². The molecular formula is C14H20N2O4S. The highest BCUT2D eigenvalue weighted by Crippen LogP contribution is 2.25. The third kappa shape index (κ3) is 3.19. The molecule has 0 bridgehead atoms. The van der Waals surface area contributed by atoms with Gasteiger partial charge in [0.1, 0.15) is 0 Å². The predicted octanol–water partition coefficient (Wildman–Crippen LogP) is 1.64. The van der Waals surface area contributed by atoms with E-state index in [0.29, 0.717) is 18.8 Å². The molecule has 0 unspecified atom stereocenters. The van der Waals surface area contributed by atoms with Gasteiger partial charge in [0.25, 0.3) is 0 Å². The Labute approximate surface area is 125 Å². The molecule has 2 rings (SSSR count).